The molecule has 0 radical (unpaired) electrons. The molecule has 8 nitrogen and oxygen atoms in total. The number of amides is 2. The summed E-state index contributed by atoms with van der Waals surface area (Å²) in [6, 6.07) is 21.1. The smallest absolute Gasteiger partial charge is 0.273 e. The quantitative estimate of drug-likeness (QED) is 0.303. The topological polar surface area (TPSA) is 93.0 Å². The molecule has 0 unspecified atom stereocenters. The first-order valence-corrected chi connectivity index (χ1v) is 10.9. The zero-order chi connectivity index (χ0) is 23.8. The Morgan fingerprint density at radius 1 is 0.882 bits per heavy atom. The molecule has 2 amide bonds. The van der Waals surface area contributed by atoms with E-state index in [4.69, 9.17) is 16.4 Å². The molecular weight excluding hydrogens is 458 g/mol. The van der Waals surface area contributed by atoms with Crippen LogP contribution in [0.2, 0.25) is 5.02 Å². The lowest BCUT2D eigenvalue weighted by molar-refractivity contribution is -0.385. The van der Waals surface area contributed by atoms with Gasteiger partial charge in [0.2, 0.25) is 5.91 Å². The van der Waals surface area contributed by atoms with E-state index in [1.807, 2.05) is 0 Å². The van der Waals surface area contributed by atoms with E-state index in [9.17, 15) is 19.7 Å². The van der Waals surface area contributed by atoms with Crippen LogP contribution in [0.3, 0.4) is 0 Å². The summed E-state index contributed by atoms with van der Waals surface area (Å²) in [4.78, 5) is 44.8. The van der Waals surface area contributed by atoms with E-state index in [0.717, 1.165) is 4.90 Å². The van der Waals surface area contributed by atoms with Gasteiger partial charge in [-0.3, -0.25) is 24.5 Å². The highest BCUT2D eigenvalue weighted by atomic mass is 35.5. The van der Waals surface area contributed by atoms with Gasteiger partial charge in [-0.25, -0.2) is 9.96 Å². The van der Waals surface area contributed by atoms with Gasteiger partial charge in [0.05, 0.1) is 27.9 Å². The molecule has 34 heavy (non-hydrogen) atoms. The highest BCUT2D eigenvalue weighted by Crippen LogP contribution is 2.41. The number of para-hydroxylation sites is 2. The summed E-state index contributed by atoms with van der Waals surface area (Å²) < 4.78 is 0. The summed E-state index contributed by atoms with van der Waals surface area (Å²) in [6.07, 6.45) is 2.23. The van der Waals surface area contributed by atoms with Gasteiger partial charge < -0.3 is 0 Å². The lowest BCUT2D eigenvalue weighted by atomic mass is 9.95. The van der Waals surface area contributed by atoms with Crippen LogP contribution in [0, 0.1) is 16.0 Å². The minimum Gasteiger partial charge on any atom is -0.273 e. The molecule has 2 fully saturated rings. The number of hydrogen-bond donors (Lipinski definition) is 0. The fourth-order valence-corrected chi connectivity index (χ4v) is 4.42. The maximum atomic E-state index is 13.5. The van der Waals surface area contributed by atoms with Crippen molar-refractivity contribution < 1.29 is 19.3 Å². The van der Waals surface area contributed by atoms with E-state index >= 15 is 0 Å². The molecule has 9 heteroatoms. The molecule has 3 aromatic rings. The van der Waals surface area contributed by atoms with Gasteiger partial charge in [-0.2, -0.15) is 0 Å². The number of nitro groups is 1. The van der Waals surface area contributed by atoms with Gasteiger partial charge in [0.15, 0.2) is 6.10 Å². The summed E-state index contributed by atoms with van der Waals surface area (Å²) in [7, 11) is 0. The van der Waals surface area contributed by atoms with Crippen LogP contribution < -0.4 is 9.96 Å². The number of fused-ring (bicyclic) bond motifs is 1. The second-order valence-corrected chi connectivity index (χ2v) is 8.30. The summed E-state index contributed by atoms with van der Waals surface area (Å²) in [5.74, 6) is -1.68. The van der Waals surface area contributed by atoms with Crippen LogP contribution in [0.1, 0.15) is 5.56 Å². The van der Waals surface area contributed by atoms with Gasteiger partial charge in [0.25, 0.3) is 11.6 Å². The third-order valence-electron chi connectivity index (χ3n) is 5.86. The molecule has 0 bridgehead atoms. The number of benzene rings is 3. The Kier molecular flexibility index (Phi) is 5.61. The number of hydrogen-bond acceptors (Lipinski definition) is 6. The number of rotatable bonds is 5. The van der Waals surface area contributed by atoms with Crippen LogP contribution in [-0.2, 0) is 14.4 Å². The number of nitro benzene ring substituents is 1. The highest BCUT2D eigenvalue weighted by Gasteiger charge is 2.59. The van der Waals surface area contributed by atoms with Gasteiger partial charge >= 0.3 is 0 Å². The zero-order valence-corrected chi connectivity index (χ0v) is 18.4. The first-order chi connectivity index (χ1) is 16.5. The fraction of sp³-hybridized carbons (Fsp3) is 0.120. The van der Waals surface area contributed by atoms with E-state index < -0.39 is 34.8 Å². The lowest BCUT2D eigenvalue weighted by Gasteiger charge is -2.26. The van der Waals surface area contributed by atoms with Crippen molar-refractivity contribution >= 4 is 46.6 Å². The molecule has 2 aliphatic rings. The standard InChI is InChI=1S/C25H18ClN3O5/c26-17-11-13-19(14-12-17)28-21(15-10-16-6-4-5-9-20(16)29(32)33)22-23(34-28)25(31)27(24(22)30)18-7-2-1-3-8-18/h1-15,21-23H/b15-10+/t21-,22+,23-/m1/s1. The summed E-state index contributed by atoms with van der Waals surface area (Å²) in [5.41, 5.74) is 1.38. The number of nitrogens with zero attached hydrogens (tertiary/aromatic N) is 3. The zero-order valence-electron chi connectivity index (χ0n) is 17.7. The molecule has 0 saturated carbocycles. The van der Waals surface area contributed by atoms with Crippen LogP contribution in [-0.4, -0.2) is 28.9 Å². The summed E-state index contributed by atoms with van der Waals surface area (Å²) in [6.45, 7) is 0. The maximum absolute atomic E-state index is 13.5. The molecule has 2 heterocycles. The number of imide groups is 1. The number of carbonyl (C=O) groups is 2. The minimum absolute atomic E-state index is 0.0630. The van der Waals surface area contributed by atoms with Crippen LogP contribution in [0.5, 0.6) is 0 Å². The van der Waals surface area contributed by atoms with E-state index in [1.165, 1.54) is 11.1 Å². The van der Waals surface area contributed by atoms with E-state index in [-0.39, 0.29) is 5.69 Å². The van der Waals surface area contributed by atoms with Gasteiger partial charge in [-0.15, -0.1) is 0 Å². The van der Waals surface area contributed by atoms with Gasteiger partial charge in [0.1, 0.15) is 5.92 Å². The van der Waals surface area contributed by atoms with Crippen molar-refractivity contribution in [1.82, 2.24) is 0 Å². The summed E-state index contributed by atoms with van der Waals surface area (Å²) in [5, 5.41) is 13.5. The summed E-state index contributed by atoms with van der Waals surface area (Å²) >= 11 is 6.02. The molecule has 0 N–H and O–H groups in total. The Hall–Kier alpha value is -4.01. The van der Waals surface area contributed by atoms with Gasteiger partial charge in [0, 0.05) is 11.1 Å². The van der Waals surface area contributed by atoms with E-state index in [2.05, 4.69) is 0 Å². The van der Waals surface area contributed by atoms with Crippen molar-refractivity contribution in [2.24, 2.45) is 5.92 Å². The second kappa shape index (κ2) is 8.74. The van der Waals surface area contributed by atoms with Crippen molar-refractivity contribution in [3.8, 4) is 0 Å². The van der Waals surface area contributed by atoms with E-state index in [1.54, 1.807) is 84.9 Å². The SMILES string of the molecule is O=C1[C@H]2[C@@H](/C=C/c3ccccc3[N+](=O)[O-])N(c3ccc(Cl)cc3)O[C@H]2C(=O)N1c1ccccc1. The van der Waals surface area contributed by atoms with Crippen molar-refractivity contribution in [1.29, 1.82) is 0 Å². The average molecular weight is 476 g/mol. The molecule has 2 aliphatic heterocycles. The molecule has 0 spiro atoms. The van der Waals surface area contributed by atoms with Crippen molar-refractivity contribution in [3.63, 3.8) is 0 Å². The monoisotopic (exact) mass is 475 g/mol. The van der Waals surface area contributed by atoms with Crippen LogP contribution >= 0.6 is 11.6 Å². The largest absolute Gasteiger partial charge is 0.276 e. The minimum atomic E-state index is -1.02. The van der Waals surface area contributed by atoms with Gasteiger partial charge in [-0.05, 0) is 48.5 Å². The Balaban J connectivity index is 1.55. The molecular formula is C25H18ClN3O5. The predicted octanol–water partition coefficient (Wildman–Crippen LogP) is 4.64. The van der Waals surface area contributed by atoms with Crippen LogP contribution in [0.25, 0.3) is 6.08 Å². The Bertz CT molecular complexity index is 1300. The molecule has 0 aliphatic carbocycles. The van der Waals surface area contributed by atoms with Crippen LogP contribution in [0.15, 0.2) is 84.9 Å². The predicted molar refractivity (Wildman–Crippen MR) is 127 cm³/mol. The van der Waals surface area contributed by atoms with Crippen molar-refractivity contribution in [2.75, 3.05) is 9.96 Å². The van der Waals surface area contributed by atoms with Gasteiger partial charge in [-0.1, -0.05) is 48.0 Å². The molecule has 2 saturated heterocycles. The Labute approximate surface area is 199 Å². The van der Waals surface area contributed by atoms with Crippen LogP contribution in [0.4, 0.5) is 17.1 Å². The van der Waals surface area contributed by atoms with Crippen molar-refractivity contribution in [3.05, 3.63) is 106 Å². The maximum Gasteiger partial charge on any atom is 0.276 e. The molecule has 3 aromatic carbocycles. The molecule has 5 rings (SSSR count). The third kappa shape index (κ3) is 3.72. The number of anilines is 2. The third-order valence-corrected chi connectivity index (χ3v) is 6.12. The fourth-order valence-electron chi connectivity index (χ4n) is 4.29. The highest BCUT2D eigenvalue weighted by molar-refractivity contribution is 6.30. The first-order valence-electron chi connectivity index (χ1n) is 10.5. The van der Waals surface area contributed by atoms with E-state index in [0.29, 0.717) is 22.0 Å². The second-order valence-electron chi connectivity index (χ2n) is 7.87. The number of hydroxylamine groups is 1. The molecule has 0 aromatic heterocycles. The van der Waals surface area contributed by atoms with Crippen molar-refractivity contribution in [2.45, 2.75) is 12.1 Å². The number of carbonyl (C=O) groups excluding carboxylic acids is 2. The molecule has 3 atom stereocenters. The lowest BCUT2D eigenvalue weighted by Crippen LogP contribution is -2.39. The normalized spacial score (nSPS) is 22.0. The number of halogens is 1. The first kappa shape index (κ1) is 21.8. The average Bonchev–Trinajstić information content (AvgIpc) is 3.34. The Morgan fingerprint density at radius 3 is 2.26 bits per heavy atom. The molecule has 170 valence electrons. The Morgan fingerprint density at radius 2 is 1.56 bits per heavy atom.